The minimum atomic E-state index is -1.27. The second kappa shape index (κ2) is 12.3. The van der Waals surface area contributed by atoms with Gasteiger partial charge in [0.1, 0.15) is 0 Å². The predicted molar refractivity (Wildman–Crippen MR) is 115 cm³/mol. The number of allylic oxidation sites excluding steroid dienone is 1. The first-order valence-electron chi connectivity index (χ1n) is 9.69. The number of carbonyl (C=O) groups excluding carboxylic acids is 4. The van der Waals surface area contributed by atoms with Gasteiger partial charge >= 0.3 is 0 Å². The largest absolute Gasteiger partial charge is 0.550 e. The van der Waals surface area contributed by atoms with Crippen LogP contribution in [0.2, 0.25) is 0 Å². The third-order valence-corrected chi connectivity index (χ3v) is 4.05. The molecule has 2 rings (SSSR count). The number of carboxylic acid groups (broad SMARTS) is 2. The van der Waals surface area contributed by atoms with Crippen molar-refractivity contribution in [2.75, 3.05) is 10.6 Å². The van der Waals surface area contributed by atoms with Gasteiger partial charge in [0.05, 0.1) is 0 Å². The summed E-state index contributed by atoms with van der Waals surface area (Å²) in [6.45, 7) is 0. The molecule has 0 aliphatic heterocycles. The van der Waals surface area contributed by atoms with Crippen molar-refractivity contribution in [3.8, 4) is 11.8 Å². The fourth-order valence-electron chi connectivity index (χ4n) is 2.46. The lowest BCUT2D eigenvalue weighted by Crippen LogP contribution is -2.24. The number of carbonyl (C=O) groups is 4. The summed E-state index contributed by atoms with van der Waals surface area (Å²) in [5.74, 6) is 2.51. The highest BCUT2D eigenvalue weighted by atomic mass is 16.4. The van der Waals surface area contributed by atoms with Crippen molar-refractivity contribution in [3.63, 3.8) is 0 Å². The van der Waals surface area contributed by atoms with Crippen LogP contribution < -0.4 is 20.8 Å². The Morgan fingerprint density at radius 2 is 1.19 bits per heavy atom. The number of carboxylic acids is 2. The van der Waals surface area contributed by atoms with E-state index in [-0.39, 0.29) is 25.7 Å². The average Bonchev–Trinajstić information content (AvgIpc) is 2.76. The molecule has 0 atom stereocenters. The first kappa shape index (κ1) is 23.9. The zero-order valence-corrected chi connectivity index (χ0v) is 17.1. The van der Waals surface area contributed by atoms with Gasteiger partial charge in [-0.1, -0.05) is 24.0 Å². The summed E-state index contributed by atoms with van der Waals surface area (Å²) in [7, 11) is 0. The fourth-order valence-corrected chi connectivity index (χ4v) is 2.46. The normalized spacial score (nSPS) is 10.1. The van der Waals surface area contributed by atoms with Crippen LogP contribution in [0.25, 0.3) is 6.08 Å². The maximum absolute atomic E-state index is 11.6. The summed E-state index contributed by atoms with van der Waals surface area (Å²) < 4.78 is 0. The van der Waals surface area contributed by atoms with Gasteiger partial charge in [0.15, 0.2) is 0 Å². The number of amides is 2. The molecular formula is C24H20N2O6-2. The molecule has 32 heavy (non-hydrogen) atoms. The minimum absolute atomic E-state index is 0.143. The summed E-state index contributed by atoms with van der Waals surface area (Å²) >= 11 is 0. The van der Waals surface area contributed by atoms with E-state index in [1.54, 1.807) is 60.7 Å². The molecule has 164 valence electrons. The second-order valence-electron chi connectivity index (χ2n) is 6.64. The topological polar surface area (TPSA) is 138 Å². The number of rotatable bonds is 9. The van der Waals surface area contributed by atoms with Gasteiger partial charge in [0, 0.05) is 41.7 Å². The van der Waals surface area contributed by atoms with Crippen molar-refractivity contribution in [2.24, 2.45) is 0 Å². The molecule has 0 aromatic heterocycles. The van der Waals surface area contributed by atoms with Crippen LogP contribution in [-0.4, -0.2) is 23.8 Å². The first-order valence-corrected chi connectivity index (χ1v) is 9.69. The summed E-state index contributed by atoms with van der Waals surface area (Å²) in [6, 6.07) is 13.8. The van der Waals surface area contributed by atoms with Crippen molar-refractivity contribution < 1.29 is 29.4 Å². The molecule has 0 saturated heterocycles. The van der Waals surface area contributed by atoms with Gasteiger partial charge < -0.3 is 30.4 Å². The van der Waals surface area contributed by atoms with Crippen LogP contribution in [0.4, 0.5) is 11.4 Å². The van der Waals surface area contributed by atoms with E-state index in [1.165, 1.54) is 0 Å². The number of hydrogen-bond donors (Lipinski definition) is 2. The third-order valence-electron chi connectivity index (χ3n) is 4.05. The van der Waals surface area contributed by atoms with Gasteiger partial charge in [-0.05, 0) is 67.0 Å². The highest BCUT2D eigenvalue weighted by Crippen LogP contribution is 2.12. The quantitative estimate of drug-likeness (QED) is 0.559. The highest BCUT2D eigenvalue weighted by Gasteiger charge is 2.03. The van der Waals surface area contributed by atoms with Crippen LogP contribution in [0, 0.1) is 11.8 Å². The standard InChI is InChI=1S/C24H22N2O6/c27-21(13-15-23(29)30)25-19-9-5-17(6-10-19)3-1-2-4-18-7-11-20(12-8-18)26-22(28)14-16-24(31)32/h1,3,5-12H,13-16H2,(H,25,27)(H,26,28)(H,29,30)(H,31,32)/p-2/b3-1+. The van der Waals surface area contributed by atoms with Crippen LogP contribution in [0.5, 0.6) is 0 Å². The predicted octanol–water partition coefficient (Wildman–Crippen LogP) is 0.689. The summed E-state index contributed by atoms with van der Waals surface area (Å²) in [6.07, 6.45) is 2.51. The van der Waals surface area contributed by atoms with Crippen molar-refractivity contribution in [1.82, 2.24) is 0 Å². The third kappa shape index (κ3) is 9.41. The highest BCUT2D eigenvalue weighted by molar-refractivity contribution is 5.93. The van der Waals surface area contributed by atoms with Gasteiger partial charge in [0.2, 0.25) is 11.8 Å². The Balaban J connectivity index is 1.84. The number of nitrogens with one attached hydrogen (secondary N) is 2. The van der Waals surface area contributed by atoms with Gasteiger partial charge in [-0.3, -0.25) is 9.59 Å². The zero-order chi connectivity index (χ0) is 23.3. The molecular weight excluding hydrogens is 412 g/mol. The summed E-state index contributed by atoms with van der Waals surface area (Å²) in [4.78, 5) is 43.9. The Labute approximate surface area is 185 Å². The Morgan fingerprint density at radius 3 is 1.66 bits per heavy atom. The average molecular weight is 432 g/mol. The molecule has 2 amide bonds. The smallest absolute Gasteiger partial charge is 0.224 e. The molecule has 0 aliphatic rings. The Morgan fingerprint density at radius 1 is 0.719 bits per heavy atom. The van der Waals surface area contributed by atoms with E-state index >= 15 is 0 Å². The Kier molecular flexibility index (Phi) is 9.22. The molecule has 0 aliphatic carbocycles. The van der Waals surface area contributed by atoms with E-state index < -0.39 is 23.8 Å². The Hall–Kier alpha value is -4.38. The van der Waals surface area contributed by atoms with E-state index in [0.717, 1.165) is 11.1 Å². The maximum Gasteiger partial charge on any atom is 0.224 e. The van der Waals surface area contributed by atoms with Crippen molar-refractivity contribution in [1.29, 1.82) is 0 Å². The van der Waals surface area contributed by atoms with Crippen LogP contribution in [0.3, 0.4) is 0 Å². The molecule has 0 unspecified atom stereocenters. The monoisotopic (exact) mass is 432 g/mol. The number of hydrogen-bond acceptors (Lipinski definition) is 6. The molecule has 0 saturated carbocycles. The van der Waals surface area contributed by atoms with E-state index in [1.807, 2.05) is 0 Å². The van der Waals surface area contributed by atoms with Crippen LogP contribution in [0.15, 0.2) is 54.6 Å². The van der Waals surface area contributed by atoms with Gasteiger partial charge in [-0.2, -0.15) is 0 Å². The van der Waals surface area contributed by atoms with E-state index in [0.29, 0.717) is 11.4 Å². The molecule has 2 aromatic rings. The van der Waals surface area contributed by atoms with E-state index in [9.17, 15) is 29.4 Å². The molecule has 2 N–H and O–H groups in total. The lowest BCUT2D eigenvalue weighted by atomic mass is 10.1. The maximum atomic E-state index is 11.6. The number of aliphatic carboxylic acids is 2. The first-order chi connectivity index (χ1) is 15.3. The summed E-state index contributed by atoms with van der Waals surface area (Å²) in [5, 5.41) is 25.9. The van der Waals surface area contributed by atoms with Gasteiger partial charge in [-0.25, -0.2) is 0 Å². The molecule has 8 heteroatoms. The van der Waals surface area contributed by atoms with E-state index in [4.69, 9.17) is 0 Å². The molecule has 8 nitrogen and oxygen atoms in total. The molecule has 2 aromatic carbocycles. The van der Waals surface area contributed by atoms with Crippen molar-refractivity contribution in [3.05, 3.63) is 65.7 Å². The van der Waals surface area contributed by atoms with Gasteiger partial charge in [-0.15, -0.1) is 0 Å². The molecule has 0 spiro atoms. The SMILES string of the molecule is O=C([O-])CCC(=O)Nc1ccc(C#C/C=C/c2ccc(NC(=O)CCC(=O)[O-])cc2)cc1. The second-order valence-corrected chi connectivity index (χ2v) is 6.64. The van der Waals surface area contributed by atoms with E-state index in [2.05, 4.69) is 22.5 Å². The fraction of sp³-hybridized carbons (Fsp3) is 0.167. The summed E-state index contributed by atoms with van der Waals surface area (Å²) in [5.41, 5.74) is 2.70. The molecule has 0 heterocycles. The molecule has 0 radical (unpaired) electrons. The van der Waals surface area contributed by atoms with Gasteiger partial charge in [0.25, 0.3) is 0 Å². The van der Waals surface area contributed by atoms with Crippen molar-refractivity contribution >= 4 is 41.2 Å². The number of benzene rings is 2. The lowest BCUT2D eigenvalue weighted by Gasteiger charge is -2.05. The molecule has 0 bridgehead atoms. The lowest BCUT2D eigenvalue weighted by molar-refractivity contribution is -0.307. The Bertz CT molecular complexity index is 1060. The molecule has 0 fully saturated rings. The zero-order valence-electron chi connectivity index (χ0n) is 17.1. The minimum Gasteiger partial charge on any atom is -0.550 e. The van der Waals surface area contributed by atoms with Crippen molar-refractivity contribution in [2.45, 2.75) is 25.7 Å². The van der Waals surface area contributed by atoms with Crippen LogP contribution >= 0.6 is 0 Å². The number of anilines is 2. The van der Waals surface area contributed by atoms with Crippen LogP contribution in [0.1, 0.15) is 36.8 Å². The van der Waals surface area contributed by atoms with Crippen LogP contribution in [-0.2, 0) is 19.2 Å².